The van der Waals surface area contributed by atoms with E-state index >= 15 is 0 Å². The first-order chi connectivity index (χ1) is 9.84. The van der Waals surface area contributed by atoms with Gasteiger partial charge in [0, 0.05) is 16.3 Å². The van der Waals surface area contributed by atoms with Crippen LogP contribution in [0.2, 0.25) is 0 Å². The number of hydrogen-bond acceptors (Lipinski definition) is 1. The molecule has 2 rings (SSSR count). The largest absolute Gasteiger partial charge is 0.288 e. The third kappa shape index (κ3) is 3.51. The van der Waals surface area contributed by atoms with Gasteiger partial charge in [-0.25, -0.2) is 4.76 Å². The molecule has 0 atom stereocenters. The highest BCUT2D eigenvalue weighted by Gasteiger charge is 2.28. The van der Waals surface area contributed by atoms with Crippen molar-refractivity contribution in [1.29, 1.82) is 0 Å². The molecule has 2 aromatic carbocycles. The predicted molar refractivity (Wildman–Crippen MR) is 92.3 cm³/mol. The molecule has 0 aliphatic heterocycles. The Morgan fingerprint density at radius 3 is 1.57 bits per heavy atom. The molecule has 0 saturated carbocycles. The lowest BCUT2D eigenvalue weighted by Crippen LogP contribution is -2.21. The maximum absolute atomic E-state index is 13.7. The predicted octanol–water partition coefficient (Wildman–Crippen LogP) is 4.42. The lowest BCUT2D eigenvalue weighted by atomic mass is 9.91. The van der Waals surface area contributed by atoms with Crippen molar-refractivity contribution in [3.05, 3.63) is 60.7 Å². The van der Waals surface area contributed by atoms with Crippen molar-refractivity contribution in [3.8, 4) is 0 Å². The van der Waals surface area contributed by atoms with Gasteiger partial charge in [0.05, 0.1) is 0 Å². The Kier molecular flexibility index (Phi) is 4.49. The standard InChI is InChI=1S/C18H22NOP/c1-15(18(2,3)4)19-21(20,16-11-7-5-8-12-16)17-13-9-6-10-14-17/h5-14H,1-4H3/b19-15+. The first-order valence-corrected chi connectivity index (χ1v) is 8.78. The van der Waals surface area contributed by atoms with E-state index in [-0.39, 0.29) is 5.41 Å². The van der Waals surface area contributed by atoms with Gasteiger partial charge in [0.1, 0.15) is 0 Å². The van der Waals surface area contributed by atoms with Crippen LogP contribution in [0, 0.1) is 5.41 Å². The van der Waals surface area contributed by atoms with E-state index in [2.05, 4.69) is 20.8 Å². The molecule has 0 N–H and O–H groups in total. The zero-order valence-corrected chi connectivity index (χ0v) is 14.0. The second kappa shape index (κ2) is 5.99. The maximum atomic E-state index is 13.7. The molecule has 0 radical (unpaired) electrons. The fraction of sp³-hybridized carbons (Fsp3) is 0.278. The fourth-order valence-corrected chi connectivity index (χ4v) is 4.29. The molecule has 0 aromatic heterocycles. The smallest absolute Gasteiger partial charge is 0.247 e. The van der Waals surface area contributed by atoms with Gasteiger partial charge in [-0.2, -0.15) is 0 Å². The Hall–Kier alpha value is -1.66. The number of hydrogen-bond donors (Lipinski definition) is 0. The number of nitrogens with zero attached hydrogens (tertiary/aromatic N) is 1. The second-order valence-corrected chi connectivity index (χ2v) is 8.57. The van der Waals surface area contributed by atoms with Crippen LogP contribution in [0.5, 0.6) is 0 Å². The van der Waals surface area contributed by atoms with Gasteiger partial charge in [-0.1, -0.05) is 57.2 Å². The lowest BCUT2D eigenvalue weighted by molar-refractivity contribution is 0.578. The summed E-state index contributed by atoms with van der Waals surface area (Å²) in [5.74, 6) is 0. The summed E-state index contributed by atoms with van der Waals surface area (Å²) in [5.41, 5.74) is 0.803. The molecule has 0 aliphatic carbocycles. The Bertz CT molecular complexity index is 626. The van der Waals surface area contributed by atoms with Crippen LogP contribution in [0.25, 0.3) is 0 Å². The van der Waals surface area contributed by atoms with Crippen LogP contribution in [-0.4, -0.2) is 5.71 Å². The van der Waals surface area contributed by atoms with Crippen LogP contribution in [0.1, 0.15) is 27.7 Å². The zero-order chi connectivity index (χ0) is 15.5. The summed E-state index contributed by atoms with van der Waals surface area (Å²) in [6, 6.07) is 19.1. The molecule has 0 unspecified atom stereocenters. The Balaban J connectivity index is 2.65. The molecule has 0 amide bonds. The second-order valence-electron chi connectivity index (χ2n) is 6.18. The molecule has 21 heavy (non-hydrogen) atoms. The summed E-state index contributed by atoms with van der Waals surface area (Å²) < 4.78 is 18.4. The molecule has 0 saturated heterocycles. The first-order valence-electron chi connectivity index (χ1n) is 7.12. The van der Waals surface area contributed by atoms with Gasteiger partial charge >= 0.3 is 0 Å². The van der Waals surface area contributed by atoms with Gasteiger partial charge in [0.2, 0.25) is 7.29 Å². The van der Waals surface area contributed by atoms with E-state index < -0.39 is 7.29 Å². The van der Waals surface area contributed by atoms with Crippen LogP contribution < -0.4 is 10.6 Å². The number of benzene rings is 2. The third-order valence-corrected chi connectivity index (χ3v) is 6.17. The molecule has 110 valence electrons. The molecule has 0 fully saturated rings. The van der Waals surface area contributed by atoms with Crippen LogP contribution in [0.4, 0.5) is 0 Å². The Morgan fingerprint density at radius 2 is 1.24 bits per heavy atom. The highest BCUT2D eigenvalue weighted by atomic mass is 31.2. The average Bonchev–Trinajstić information content (AvgIpc) is 2.48. The highest BCUT2D eigenvalue weighted by molar-refractivity contribution is 7.77. The Morgan fingerprint density at radius 1 is 0.857 bits per heavy atom. The summed E-state index contributed by atoms with van der Waals surface area (Å²) in [4.78, 5) is 0. The molecule has 0 heterocycles. The minimum absolute atomic E-state index is 0.0980. The average molecular weight is 299 g/mol. The van der Waals surface area contributed by atoms with Crippen molar-refractivity contribution in [2.45, 2.75) is 27.7 Å². The molecule has 3 heteroatoms. The number of rotatable bonds is 3. The normalized spacial score (nSPS) is 13.2. The van der Waals surface area contributed by atoms with E-state index in [4.69, 9.17) is 4.76 Å². The van der Waals surface area contributed by atoms with Gasteiger partial charge in [-0.05, 0) is 36.6 Å². The molecule has 2 aromatic rings. The van der Waals surface area contributed by atoms with E-state index in [0.717, 1.165) is 16.3 Å². The van der Waals surface area contributed by atoms with Gasteiger partial charge in [-0.15, -0.1) is 0 Å². The summed E-state index contributed by atoms with van der Waals surface area (Å²) >= 11 is 0. The molecule has 0 spiro atoms. The van der Waals surface area contributed by atoms with Crippen molar-refractivity contribution >= 4 is 23.6 Å². The van der Waals surface area contributed by atoms with E-state index in [1.54, 1.807) is 0 Å². The maximum Gasteiger partial charge on any atom is 0.247 e. The highest BCUT2D eigenvalue weighted by Crippen LogP contribution is 2.46. The molecular weight excluding hydrogens is 277 g/mol. The first kappa shape index (κ1) is 15.7. The van der Waals surface area contributed by atoms with Crippen molar-refractivity contribution in [2.75, 3.05) is 0 Å². The van der Waals surface area contributed by atoms with E-state index in [9.17, 15) is 4.57 Å². The summed E-state index contributed by atoms with van der Waals surface area (Å²) in [6.45, 7) is 8.23. The minimum atomic E-state index is -2.99. The molecular formula is C18H22NOP. The lowest BCUT2D eigenvalue weighted by Gasteiger charge is -2.22. The Labute approximate surface area is 127 Å². The topological polar surface area (TPSA) is 29.4 Å². The fourth-order valence-electron chi connectivity index (χ4n) is 1.89. The monoisotopic (exact) mass is 299 g/mol. The van der Waals surface area contributed by atoms with Crippen LogP contribution in [0.3, 0.4) is 0 Å². The summed E-state index contributed by atoms with van der Waals surface area (Å²) in [5, 5.41) is 1.56. The summed E-state index contributed by atoms with van der Waals surface area (Å²) in [6.07, 6.45) is 0. The van der Waals surface area contributed by atoms with Gasteiger partial charge in [-0.3, -0.25) is 4.57 Å². The van der Waals surface area contributed by atoms with Crippen molar-refractivity contribution in [2.24, 2.45) is 10.2 Å². The zero-order valence-electron chi connectivity index (χ0n) is 13.1. The van der Waals surface area contributed by atoms with Crippen molar-refractivity contribution < 1.29 is 4.57 Å². The van der Waals surface area contributed by atoms with E-state index in [1.165, 1.54) is 0 Å². The van der Waals surface area contributed by atoms with E-state index in [0.29, 0.717) is 0 Å². The molecule has 2 nitrogen and oxygen atoms in total. The van der Waals surface area contributed by atoms with Crippen LogP contribution in [-0.2, 0) is 4.57 Å². The van der Waals surface area contributed by atoms with E-state index in [1.807, 2.05) is 67.6 Å². The van der Waals surface area contributed by atoms with Crippen molar-refractivity contribution in [1.82, 2.24) is 0 Å². The molecule has 0 aliphatic rings. The summed E-state index contributed by atoms with van der Waals surface area (Å²) in [7, 11) is -2.99. The van der Waals surface area contributed by atoms with Crippen LogP contribution in [0.15, 0.2) is 65.4 Å². The van der Waals surface area contributed by atoms with Gasteiger partial charge in [0.15, 0.2) is 0 Å². The third-order valence-electron chi connectivity index (χ3n) is 3.59. The quantitative estimate of drug-likeness (QED) is 0.609. The van der Waals surface area contributed by atoms with Gasteiger partial charge < -0.3 is 0 Å². The molecule has 0 bridgehead atoms. The SMILES string of the molecule is C/C(=N\P(=O)(c1ccccc1)c1ccccc1)C(C)(C)C. The minimum Gasteiger partial charge on any atom is -0.288 e. The van der Waals surface area contributed by atoms with Gasteiger partial charge in [0.25, 0.3) is 0 Å². The van der Waals surface area contributed by atoms with Crippen LogP contribution >= 0.6 is 7.29 Å². The van der Waals surface area contributed by atoms with Crippen molar-refractivity contribution in [3.63, 3.8) is 0 Å².